The van der Waals surface area contributed by atoms with E-state index in [0.29, 0.717) is 0 Å². The number of para-hydroxylation sites is 1. The predicted octanol–water partition coefficient (Wildman–Crippen LogP) is 2.80. The average molecular weight is 274 g/mol. The first-order valence-electron chi connectivity index (χ1n) is 6.54. The zero-order valence-corrected chi connectivity index (χ0v) is 11.8. The van der Waals surface area contributed by atoms with Gasteiger partial charge in [0.05, 0.1) is 13.2 Å². The van der Waals surface area contributed by atoms with Crippen LogP contribution in [0.3, 0.4) is 0 Å². The molecule has 0 radical (unpaired) electrons. The maximum atomic E-state index is 5.78. The third-order valence-corrected chi connectivity index (χ3v) is 4.97. The highest BCUT2D eigenvalue weighted by atomic mass is 32.1. The van der Waals surface area contributed by atoms with E-state index >= 15 is 0 Å². The first kappa shape index (κ1) is 12.7. The highest BCUT2D eigenvalue weighted by Crippen LogP contribution is 2.37. The van der Waals surface area contributed by atoms with Gasteiger partial charge >= 0.3 is 0 Å². The number of nitrogens with one attached hydrogen (secondary N) is 1. The molecular formula is C15H18N2OS. The van der Waals surface area contributed by atoms with Gasteiger partial charge in [-0.3, -0.25) is 5.84 Å². The minimum atomic E-state index is 0.00625. The van der Waals surface area contributed by atoms with Crippen molar-refractivity contribution in [1.29, 1.82) is 0 Å². The number of thiophene rings is 1. The van der Waals surface area contributed by atoms with E-state index in [1.54, 1.807) is 7.11 Å². The van der Waals surface area contributed by atoms with Crippen molar-refractivity contribution in [1.82, 2.24) is 5.43 Å². The van der Waals surface area contributed by atoms with Crippen LogP contribution in [-0.4, -0.2) is 7.11 Å². The maximum absolute atomic E-state index is 5.78. The summed E-state index contributed by atoms with van der Waals surface area (Å²) in [5, 5.41) is 0. The van der Waals surface area contributed by atoms with Crippen LogP contribution in [0.1, 0.15) is 33.3 Å². The van der Waals surface area contributed by atoms with Crippen molar-refractivity contribution in [2.45, 2.75) is 25.3 Å². The quantitative estimate of drug-likeness (QED) is 0.666. The zero-order valence-electron chi connectivity index (χ0n) is 11.0. The summed E-state index contributed by atoms with van der Waals surface area (Å²) in [5.74, 6) is 6.65. The minimum absolute atomic E-state index is 0.00625. The fraction of sp³-hybridized carbons (Fsp3) is 0.333. The summed E-state index contributed by atoms with van der Waals surface area (Å²) in [6.45, 7) is 0. The average Bonchev–Trinajstić information content (AvgIpc) is 3.01. The van der Waals surface area contributed by atoms with Crippen molar-refractivity contribution in [3.8, 4) is 5.75 Å². The molecule has 0 amide bonds. The largest absolute Gasteiger partial charge is 0.496 e. The third kappa shape index (κ3) is 2.27. The van der Waals surface area contributed by atoms with Crippen LogP contribution in [0.5, 0.6) is 5.75 Å². The summed E-state index contributed by atoms with van der Waals surface area (Å²) in [4.78, 5) is 2.79. The van der Waals surface area contributed by atoms with Gasteiger partial charge < -0.3 is 4.74 Å². The van der Waals surface area contributed by atoms with Crippen LogP contribution >= 0.6 is 11.3 Å². The van der Waals surface area contributed by atoms with Gasteiger partial charge in [-0.1, -0.05) is 18.2 Å². The molecule has 0 fully saturated rings. The Labute approximate surface area is 117 Å². The van der Waals surface area contributed by atoms with E-state index in [4.69, 9.17) is 10.6 Å². The lowest BCUT2D eigenvalue weighted by Gasteiger charge is -2.17. The summed E-state index contributed by atoms with van der Waals surface area (Å²) < 4.78 is 5.44. The van der Waals surface area contributed by atoms with Gasteiger partial charge in [-0.15, -0.1) is 11.3 Å². The highest BCUT2D eigenvalue weighted by molar-refractivity contribution is 7.12. The van der Waals surface area contributed by atoms with Gasteiger partial charge in [-0.2, -0.15) is 0 Å². The van der Waals surface area contributed by atoms with Crippen molar-refractivity contribution < 1.29 is 4.74 Å². The first-order chi connectivity index (χ1) is 9.33. The van der Waals surface area contributed by atoms with Crippen molar-refractivity contribution in [2.24, 2.45) is 5.84 Å². The Morgan fingerprint density at radius 2 is 2.16 bits per heavy atom. The molecule has 100 valence electrons. The van der Waals surface area contributed by atoms with Crippen LogP contribution in [0.15, 0.2) is 30.3 Å². The lowest BCUT2D eigenvalue weighted by atomic mass is 10.0. The summed E-state index contributed by atoms with van der Waals surface area (Å²) in [5.41, 5.74) is 5.51. The Kier molecular flexibility index (Phi) is 3.55. The molecule has 3 nitrogen and oxygen atoms in total. The number of ether oxygens (including phenoxy) is 1. The van der Waals surface area contributed by atoms with Gasteiger partial charge in [0.2, 0.25) is 0 Å². The van der Waals surface area contributed by atoms with E-state index in [9.17, 15) is 0 Å². The van der Waals surface area contributed by atoms with Crippen molar-refractivity contribution in [3.05, 3.63) is 51.2 Å². The summed E-state index contributed by atoms with van der Waals surface area (Å²) in [6, 6.07) is 10.3. The SMILES string of the molecule is COc1ccccc1C(NN)c1cc2c(s1)CCC2. The highest BCUT2D eigenvalue weighted by Gasteiger charge is 2.22. The second kappa shape index (κ2) is 5.33. The number of benzene rings is 1. The summed E-state index contributed by atoms with van der Waals surface area (Å²) in [7, 11) is 1.70. The summed E-state index contributed by atoms with van der Waals surface area (Å²) >= 11 is 1.87. The number of nitrogens with two attached hydrogens (primary N) is 1. The first-order valence-corrected chi connectivity index (χ1v) is 7.35. The Balaban J connectivity index is 1.99. The third-order valence-electron chi connectivity index (χ3n) is 3.67. The number of hydrogen-bond acceptors (Lipinski definition) is 4. The Hall–Kier alpha value is -1.36. The van der Waals surface area contributed by atoms with Gasteiger partial charge in [0, 0.05) is 15.3 Å². The minimum Gasteiger partial charge on any atom is -0.496 e. The fourth-order valence-corrected chi connectivity index (χ4v) is 4.06. The molecule has 1 aromatic heterocycles. The molecule has 0 spiro atoms. The molecule has 1 aliphatic carbocycles. The van der Waals surface area contributed by atoms with E-state index in [2.05, 4.69) is 17.6 Å². The second-order valence-electron chi connectivity index (χ2n) is 4.79. The molecule has 3 N–H and O–H groups in total. The maximum Gasteiger partial charge on any atom is 0.124 e. The molecule has 1 aromatic carbocycles. The van der Waals surface area contributed by atoms with Crippen LogP contribution in [0.2, 0.25) is 0 Å². The molecule has 2 aromatic rings. The van der Waals surface area contributed by atoms with Gasteiger partial charge in [-0.05, 0) is 37.0 Å². The van der Waals surface area contributed by atoms with Crippen LogP contribution in [0.25, 0.3) is 0 Å². The van der Waals surface area contributed by atoms with E-state index in [-0.39, 0.29) is 6.04 Å². The fourth-order valence-electron chi connectivity index (χ4n) is 2.72. The molecule has 0 aliphatic heterocycles. The van der Waals surface area contributed by atoms with E-state index in [0.717, 1.165) is 11.3 Å². The normalized spacial score (nSPS) is 15.3. The molecule has 0 saturated carbocycles. The molecule has 19 heavy (non-hydrogen) atoms. The summed E-state index contributed by atoms with van der Waals surface area (Å²) in [6.07, 6.45) is 3.70. The number of rotatable bonds is 4. The topological polar surface area (TPSA) is 47.3 Å². The Morgan fingerprint density at radius 3 is 2.89 bits per heavy atom. The number of hydrazine groups is 1. The van der Waals surface area contributed by atoms with Gasteiger partial charge in [0.15, 0.2) is 0 Å². The van der Waals surface area contributed by atoms with E-state index in [1.807, 2.05) is 29.5 Å². The monoisotopic (exact) mass is 274 g/mol. The molecule has 0 saturated heterocycles. The number of hydrogen-bond donors (Lipinski definition) is 2. The lowest BCUT2D eigenvalue weighted by Crippen LogP contribution is -2.28. The van der Waals surface area contributed by atoms with Crippen LogP contribution in [-0.2, 0) is 12.8 Å². The zero-order chi connectivity index (χ0) is 13.2. The smallest absolute Gasteiger partial charge is 0.124 e. The number of aryl methyl sites for hydroxylation is 2. The lowest BCUT2D eigenvalue weighted by molar-refractivity contribution is 0.404. The molecule has 3 rings (SSSR count). The van der Waals surface area contributed by atoms with Crippen LogP contribution < -0.4 is 16.0 Å². The number of methoxy groups -OCH3 is 1. The molecule has 0 bridgehead atoms. The molecule has 1 atom stereocenters. The number of fused-ring (bicyclic) bond motifs is 1. The predicted molar refractivity (Wildman–Crippen MR) is 78.5 cm³/mol. The molecule has 1 aliphatic rings. The Morgan fingerprint density at radius 1 is 1.32 bits per heavy atom. The van der Waals surface area contributed by atoms with E-state index < -0.39 is 0 Å². The van der Waals surface area contributed by atoms with Crippen LogP contribution in [0.4, 0.5) is 0 Å². The van der Waals surface area contributed by atoms with E-state index in [1.165, 1.54) is 34.6 Å². The van der Waals surface area contributed by atoms with Gasteiger partial charge in [-0.25, -0.2) is 5.43 Å². The standard InChI is InChI=1S/C15H18N2OS/c1-18-12-7-3-2-6-11(12)15(17-16)14-9-10-5-4-8-13(10)19-14/h2-3,6-7,9,15,17H,4-5,8,16H2,1H3. The van der Waals surface area contributed by atoms with Gasteiger partial charge in [0.1, 0.15) is 5.75 Å². The molecular weight excluding hydrogens is 256 g/mol. The van der Waals surface area contributed by atoms with Crippen molar-refractivity contribution in [2.75, 3.05) is 7.11 Å². The van der Waals surface area contributed by atoms with Crippen molar-refractivity contribution >= 4 is 11.3 Å². The van der Waals surface area contributed by atoms with Crippen LogP contribution in [0, 0.1) is 0 Å². The molecule has 1 heterocycles. The second-order valence-corrected chi connectivity index (χ2v) is 5.96. The van der Waals surface area contributed by atoms with Gasteiger partial charge in [0.25, 0.3) is 0 Å². The molecule has 1 unspecified atom stereocenters. The molecule has 4 heteroatoms. The van der Waals surface area contributed by atoms with Crippen molar-refractivity contribution in [3.63, 3.8) is 0 Å². The Bertz CT molecular complexity index is 558.